The summed E-state index contributed by atoms with van der Waals surface area (Å²) in [6.45, 7) is 6.69. The van der Waals surface area contributed by atoms with Crippen molar-refractivity contribution in [2.45, 2.75) is 90.0 Å². The van der Waals surface area contributed by atoms with E-state index in [0.717, 1.165) is 5.56 Å². The Labute approximate surface area is 255 Å². The third kappa shape index (κ3) is 13.6. The molecule has 0 aromatic heterocycles. The number of primary amides is 1. The topological polar surface area (TPSA) is 260 Å². The van der Waals surface area contributed by atoms with Crippen molar-refractivity contribution in [1.29, 1.82) is 0 Å². The summed E-state index contributed by atoms with van der Waals surface area (Å²) < 4.78 is 0. The number of carboxylic acid groups (broad SMARTS) is 2. The Morgan fingerprint density at radius 1 is 0.750 bits per heavy atom. The second kappa shape index (κ2) is 18.2. The second-order valence-corrected chi connectivity index (χ2v) is 11.3. The Hall–Kier alpha value is -4.53. The van der Waals surface area contributed by atoms with Gasteiger partial charge < -0.3 is 42.9 Å². The predicted octanol–water partition coefficient (Wildman–Crippen LogP) is -0.977. The van der Waals surface area contributed by atoms with Gasteiger partial charge in [0.05, 0.1) is 12.5 Å². The van der Waals surface area contributed by atoms with E-state index in [1.54, 1.807) is 52.0 Å². The van der Waals surface area contributed by atoms with Crippen LogP contribution in [0.4, 0.5) is 0 Å². The molecule has 15 nitrogen and oxygen atoms in total. The zero-order chi connectivity index (χ0) is 33.6. The summed E-state index contributed by atoms with van der Waals surface area (Å²) in [7, 11) is 0. The third-order valence-electron chi connectivity index (χ3n) is 6.53. The molecule has 244 valence electrons. The van der Waals surface area contributed by atoms with Gasteiger partial charge in [0.2, 0.25) is 29.5 Å². The average Bonchev–Trinajstić information content (AvgIpc) is 2.92. The van der Waals surface area contributed by atoms with Crippen molar-refractivity contribution in [3.8, 4) is 0 Å². The number of benzene rings is 1. The van der Waals surface area contributed by atoms with E-state index >= 15 is 0 Å². The zero-order valence-corrected chi connectivity index (χ0v) is 25.4. The van der Waals surface area contributed by atoms with Gasteiger partial charge in [-0.2, -0.15) is 0 Å². The van der Waals surface area contributed by atoms with E-state index in [4.69, 9.17) is 11.5 Å². The van der Waals surface area contributed by atoms with Crippen LogP contribution in [0.3, 0.4) is 0 Å². The van der Waals surface area contributed by atoms with Gasteiger partial charge in [-0.25, -0.2) is 4.79 Å². The SMILES string of the molecule is CC(C)C[C@H](NC(=O)[C@@H](N)Cc1ccccc1)C(=O)N[C@@H](CC(=O)O)C(=O)N[C@@H](CCC(N)=O)C(=O)N[C@H](C(=O)O)C(C)C. The number of rotatable bonds is 19. The molecule has 0 aliphatic carbocycles. The molecule has 0 aliphatic rings. The van der Waals surface area contributed by atoms with Crippen LogP contribution in [-0.4, -0.2) is 81.9 Å². The lowest BCUT2D eigenvalue weighted by Gasteiger charge is -2.27. The van der Waals surface area contributed by atoms with Gasteiger partial charge in [0.25, 0.3) is 0 Å². The van der Waals surface area contributed by atoms with Crippen molar-refractivity contribution >= 4 is 41.5 Å². The summed E-state index contributed by atoms with van der Waals surface area (Å²) in [4.78, 5) is 86.8. The van der Waals surface area contributed by atoms with E-state index in [1.165, 1.54) is 0 Å². The van der Waals surface area contributed by atoms with Crippen LogP contribution in [0.1, 0.15) is 58.9 Å². The lowest BCUT2D eigenvalue weighted by atomic mass is 10.0. The molecule has 15 heteroatoms. The Bertz CT molecular complexity index is 1180. The lowest BCUT2D eigenvalue weighted by Crippen LogP contribution is -2.59. The summed E-state index contributed by atoms with van der Waals surface area (Å²) >= 11 is 0. The van der Waals surface area contributed by atoms with E-state index in [0.29, 0.717) is 0 Å². The fraction of sp³-hybridized carbons (Fsp3) is 0.552. The molecule has 1 aromatic carbocycles. The van der Waals surface area contributed by atoms with Gasteiger partial charge in [-0.3, -0.25) is 28.8 Å². The quantitative estimate of drug-likeness (QED) is 0.0937. The lowest BCUT2D eigenvalue weighted by molar-refractivity contribution is -0.144. The highest BCUT2D eigenvalue weighted by Crippen LogP contribution is 2.09. The van der Waals surface area contributed by atoms with Gasteiger partial charge in [0, 0.05) is 6.42 Å². The molecule has 0 aliphatic heterocycles. The standard InChI is InChI=1S/C29H44N6O9/c1-15(2)12-20(33-25(39)18(30)13-17-8-6-5-7-9-17)27(41)34-21(14-23(37)38)28(42)32-19(10-11-22(31)36)26(40)35-24(16(3)4)29(43)44/h5-9,15-16,18-21,24H,10-14,30H2,1-4H3,(H2,31,36)(H,32,42)(H,33,39)(H,34,41)(H,35,40)(H,37,38)(H,43,44)/t18-,19-,20-,21-,24-/m0/s1. The van der Waals surface area contributed by atoms with Crippen LogP contribution < -0.4 is 32.7 Å². The molecule has 0 saturated heterocycles. The number of hydrogen-bond acceptors (Lipinski definition) is 8. The molecule has 0 radical (unpaired) electrons. The Morgan fingerprint density at radius 3 is 1.77 bits per heavy atom. The van der Waals surface area contributed by atoms with Crippen LogP contribution >= 0.6 is 0 Å². The first-order chi connectivity index (χ1) is 20.5. The number of carbonyl (C=O) groups excluding carboxylic acids is 5. The smallest absolute Gasteiger partial charge is 0.326 e. The maximum atomic E-state index is 13.3. The molecule has 1 rings (SSSR count). The molecule has 0 bridgehead atoms. The Kier molecular flexibility index (Phi) is 15.5. The minimum atomic E-state index is -1.70. The largest absolute Gasteiger partial charge is 0.481 e. The molecule has 0 heterocycles. The van der Waals surface area contributed by atoms with Crippen molar-refractivity contribution in [2.24, 2.45) is 23.3 Å². The average molecular weight is 621 g/mol. The van der Waals surface area contributed by atoms with Gasteiger partial charge >= 0.3 is 11.9 Å². The molecule has 0 unspecified atom stereocenters. The van der Waals surface area contributed by atoms with Crippen LogP contribution in [-0.2, 0) is 40.0 Å². The highest BCUT2D eigenvalue weighted by molar-refractivity contribution is 5.97. The molecule has 44 heavy (non-hydrogen) atoms. The van der Waals surface area contributed by atoms with Gasteiger partial charge in [-0.1, -0.05) is 58.0 Å². The number of aliphatic carboxylic acids is 2. The van der Waals surface area contributed by atoms with Gasteiger partial charge in [0.1, 0.15) is 24.2 Å². The molecule has 5 amide bonds. The third-order valence-corrected chi connectivity index (χ3v) is 6.53. The van der Waals surface area contributed by atoms with Crippen LogP contribution in [0.15, 0.2) is 30.3 Å². The number of nitrogens with one attached hydrogen (secondary N) is 4. The highest BCUT2D eigenvalue weighted by Gasteiger charge is 2.33. The maximum absolute atomic E-state index is 13.3. The van der Waals surface area contributed by atoms with E-state index in [9.17, 15) is 43.8 Å². The molecule has 10 N–H and O–H groups in total. The summed E-state index contributed by atoms with van der Waals surface area (Å²) in [6, 6.07) is 2.31. The minimum Gasteiger partial charge on any atom is -0.481 e. The first kappa shape index (κ1) is 37.5. The first-order valence-corrected chi connectivity index (χ1v) is 14.3. The highest BCUT2D eigenvalue weighted by atomic mass is 16.4. The number of nitrogens with two attached hydrogens (primary N) is 2. The summed E-state index contributed by atoms with van der Waals surface area (Å²) in [5.41, 5.74) is 12.0. The zero-order valence-electron chi connectivity index (χ0n) is 25.4. The van der Waals surface area contributed by atoms with E-state index in [-0.39, 0.29) is 31.6 Å². The molecular formula is C29H44N6O9. The van der Waals surface area contributed by atoms with E-state index in [2.05, 4.69) is 21.3 Å². The van der Waals surface area contributed by atoms with Crippen LogP contribution in [0.2, 0.25) is 0 Å². The fourth-order valence-corrected chi connectivity index (χ4v) is 4.19. The van der Waals surface area contributed by atoms with Crippen molar-refractivity contribution in [3.05, 3.63) is 35.9 Å². The summed E-state index contributed by atoms with van der Waals surface area (Å²) in [5, 5.41) is 28.3. The molecule has 0 fully saturated rings. The fourth-order valence-electron chi connectivity index (χ4n) is 4.19. The number of hydrogen-bond donors (Lipinski definition) is 8. The van der Waals surface area contributed by atoms with Crippen molar-refractivity contribution in [3.63, 3.8) is 0 Å². The van der Waals surface area contributed by atoms with Crippen molar-refractivity contribution in [1.82, 2.24) is 21.3 Å². The van der Waals surface area contributed by atoms with Crippen LogP contribution in [0, 0.1) is 11.8 Å². The normalized spacial score (nSPS) is 14.4. The van der Waals surface area contributed by atoms with Gasteiger partial charge in [0.15, 0.2) is 0 Å². The van der Waals surface area contributed by atoms with E-state index in [1.807, 2.05) is 6.07 Å². The molecular weight excluding hydrogens is 576 g/mol. The molecule has 0 saturated carbocycles. The first-order valence-electron chi connectivity index (χ1n) is 14.3. The van der Waals surface area contributed by atoms with Gasteiger partial charge in [-0.05, 0) is 36.7 Å². The van der Waals surface area contributed by atoms with Gasteiger partial charge in [-0.15, -0.1) is 0 Å². The van der Waals surface area contributed by atoms with Crippen LogP contribution in [0.5, 0.6) is 0 Å². The number of carbonyl (C=O) groups is 7. The Morgan fingerprint density at radius 2 is 1.27 bits per heavy atom. The van der Waals surface area contributed by atoms with Crippen molar-refractivity contribution in [2.75, 3.05) is 0 Å². The molecule has 0 spiro atoms. The number of carboxylic acids is 2. The predicted molar refractivity (Wildman–Crippen MR) is 158 cm³/mol. The van der Waals surface area contributed by atoms with E-state index < -0.39 is 84.0 Å². The van der Waals surface area contributed by atoms with Crippen molar-refractivity contribution < 1.29 is 43.8 Å². The Balaban J connectivity index is 3.13. The van der Waals surface area contributed by atoms with Crippen LogP contribution in [0.25, 0.3) is 0 Å². The number of amides is 5. The summed E-state index contributed by atoms with van der Waals surface area (Å²) in [6.07, 6.45) is -1.25. The second-order valence-electron chi connectivity index (χ2n) is 11.3. The monoisotopic (exact) mass is 620 g/mol. The minimum absolute atomic E-state index is 0.104. The maximum Gasteiger partial charge on any atom is 0.326 e. The summed E-state index contributed by atoms with van der Waals surface area (Å²) in [5.74, 6) is -7.74. The molecule has 1 aromatic rings. The molecule has 5 atom stereocenters.